The third-order valence-corrected chi connectivity index (χ3v) is 1.57. The highest BCUT2D eigenvalue weighted by Gasteiger charge is 2.14. The van der Waals surface area contributed by atoms with E-state index >= 15 is 0 Å². The molecule has 0 aromatic heterocycles. The lowest BCUT2D eigenvalue weighted by Gasteiger charge is -2.08. The van der Waals surface area contributed by atoms with Crippen LogP contribution in [0.4, 0.5) is 0 Å². The van der Waals surface area contributed by atoms with Crippen molar-refractivity contribution in [3.8, 4) is 0 Å². The fraction of sp³-hybridized carbons (Fsp3) is 0.833. The quantitative estimate of drug-likeness (QED) is 0.455. The van der Waals surface area contributed by atoms with Gasteiger partial charge in [0.25, 0.3) is 0 Å². The van der Waals surface area contributed by atoms with Crippen LogP contribution in [0.2, 0.25) is 0 Å². The van der Waals surface area contributed by atoms with Crippen molar-refractivity contribution in [2.75, 3.05) is 18.9 Å². The molecule has 3 nitrogen and oxygen atoms in total. The standard InChI is InChI=1S/C6H13NO2S/c1-2-9-6(8)5(3-7)4-10/h5,10H,2-4,7H2,1H3/t5-/m0/s1. The fourth-order valence-electron chi connectivity index (χ4n) is 0.505. The fourth-order valence-corrected chi connectivity index (χ4v) is 0.804. The Kier molecular flexibility index (Phi) is 5.43. The summed E-state index contributed by atoms with van der Waals surface area (Å²) in [6.45, 7) is 2.48. The van der Waals surface area contributed by atoms with E-state index in [-0.39, 0.29) is 11.9 Å². The average molecular weight is 163 g/mol. The molecule has 1 atom stereocenters. The minimum absolute atomic E-state index is 0.247. The summed E-state index contributed by atoms with van der Waals surface area (Å²) in [4.78, 5) is 10.9. The van der Waals surface area contributed by atoms with E-state index in [2.05, 4.69) is 12.6 Å². The number of thiol groups is 1. The second-order valence-electron chi connectivity index (χ2n) is 1.87. The summed E-state index contributed by atoms with van der Waals surface area (Å²) >= 11 is 3.95. The SMILES string of the molecule is CCOC(=O)[C@@H](CN)CS. The van der Waals surface area contributed by atoms with Crippen molar-refractivity contribution in [2.45, 2.75) is 6.92 Å². The molecule has 0 saturated carbocycles. The maximum Gasteiger partial charge on any atom is 0.311 e. The number of hydrogen-bond donors (Lipinski definition) is 2. The Morgan fingerprint density at radius 2 is 2.40 bits per heavy atom. The smallest absolute Gasteiger partial charge is 0.311 e. The third kappa shape index (κ3) is 3.08. The zero-order chi connectivity index (χ0) is 7.98. The summed E-state index contributed by atoms with van der Waals surface area (Å²) in [5.74, 6) is -0.0433. The van der Waals surface area contributed by atoms with E-state index in [4.69, 9.17) is 10.5 Å². The molecule has 0 bridgehead atoms. The lowest BCUT2D eigenvalue weighted by molar-refractivity contribution is -0.146. The highest BCUT2D eigenvalue weighted by molar-refractivity contribution is 7.80. The van der Waals surface area contributed by atoms with Gasteiger partial charge >= 0.3 is 5.97 Å². The number of esters is 1. The van der Waals surface area contributed by atoms with Crippen LogP contribution in [-0.2, 0) is 9.53 Å². The minimum Gasteiger partial charge on any atom is -0.466 e. The van der Waals surface area contributed by atoms with Crippen LogP contribution in [0.25, 0.3) is 0 Å². The first-order chi connectivity index (χ1) is 4.76. The summed E-state index contributed by atoms with van der Waals surface area (Å²) in [7, 11) is 0. The van der Waals surface area contributed by atoms with Crippen LogP contribution in [-0.4, -0.2) is 24.9 Å². The molecule has 0 amide bonds. The summed E-state index contributed by atoms with van der Waals surface area (Å²) in [5.41, 5.74) is 5.26. The van der Waals surface area contributed by atoms with Crippen LogP contribution in [0.15, 0.2) is 0 Å². The van der Waals surface area contributed by atoms with Crippen LogP contribution in [0, 0.1) is 5.92 Å². The van der Waals surface area contributed by atoms with E-state index in [9.17, 15) is 4.79 Å². The number of hydrogen-bond acceptors (Lipinski definition) is 4. The van der Waals surface area contributed by atoms with Gasteiger partial charge in [-0.2, -0.15) is 12.6 Å². The molecule has 0 heterocycles. The monoisotopic (exact) mass is 163 g/mol. The van der Waals surface area contributed by atoms with Crippen LogP contribution in [0.1, 0.15) is 6.92 Å². The van der Waals surface area contributed by atoms with Gasteiger partial charge in [-0.15, -0.1) is 0 Å². The van der Waals surface area contributed by atoms with Gasteiger partial charge in [0.2, 0.25) is 0 Å². The molecule has 0 unspecified atom stereocenters. The number of carbonyl (C=O) groups excluding carboxylic acids is 1. The Balaban J connectivity index is 3.65. The Hall–Kier alpha value is -0.220. The number of rotatable bonds is 4. The lowest BCUT2D eigenvalue weighted by atomic mass is 10.2. The Bertz CT molecular complexity index is 104. The highest BCUT2D eigenvalue weighted by Crippen LogP contribution is 1.99. The topological polar surface area (TPSA) is 52.3 Å². The van der Waals surface area contributed by atoms with Gasteiger partial charge in [-0.25, -0.2) is 0 Å². The van der Waals surface area contributed by atoms with E-state index in [1.807, 2.05) is 0 Å². The van der Waals surface area contributed by atoms with Gasteiger partial charge in [0.1, 0.15) is 0 Å². The second kappa shape index (κ2) is 5.56. The maximum atomic E-state index is 10.9. The van der Waals surface area contributed by atoms with Gasteiger partial charge < -0.3 is 10.5 Å². The van der Waals surface area contributed by atoms with Crippen molar-refractivity contribution in [2.24, 2.45) is 11.7 Å². The molecule has 10 heavy (non-hydrogen) atoms. The van der Waals surface area contributed by atoms with E-state index in [1.54, 1.807) is 6.92 Å². The molecule has 60 valence electrons. The predicted octanol–water partition coefficient (Wildman–Crippen LogP) is 0.0542. The Morgan fingerprint density at radius 1 is 1.80 bits per heavy atom. The van der Waals surface area contributed by atoms with Gasteiger partial charge in [0, 0.05) is 12.3 Å². The van der Waals surface area contributed by atoms with E-state index in [1.165, 1.54) is 0 Å². The molecule has 0 saturated heterocycles. The van der Waals surface area contributed by atoms with Crippen molar-refractivity contribution in [1.82, 2.24) is 0 Å². The molecule has 0 aliphatic carbocycles. The number of carbonyl (C=O) groups is 1. The first-order valence-electron chi connectivity index (χ1n) is 3.23. The maximum absolute atomic E-state index is 10.9. The van der Waals surface area contributed by atoms with Crippen LogP contribution >= 0.6 is 12.6 Å². The number of ether oxygens (including phenoxy) is 1. The van der Waals surface area contributed by atoms with Crippen molar-refractivity contribution in [1.29, 1.82) is 0 Å². The molecular weight excluding hydrogens is 150 g/mol. The van der Waals surface area contributed by atoms with E-state index in [0.717, 1.165) is 0 Å². The summed E-state index contributed by atoms with van der Waals surface area (Å²) in [6.07, 6.45) is 0. The zero-order valence-electron chi connectivity index (χ0n) is 6.04. The average Bonchev–Trinajstić information content (AvgIpc) is 1.91. The first-order valence-corrected chi connectivity index (χ1v) is 3.87. The van der Waals surface area contributed by atoms with Gasteiger partial charge in [0.15, 0.2) is 0 Å². The van der Waals surface area contributed by atoms with Gasteiger partial charge in [-0.1, -0.05) is 0 Å². The van der Waals surface area contributed by atoms with Crippen molar-refractivity contribution in [3.05, 3.63) is 0 Å². The summed E-state index contributed by atoms with van der Waals surface area (Å²) in [6, 6.07) is 0. The molecule has 0 rings (SSSR count). The van der Waals surface area contributed by atoms with Crippen LogP contribution < -0.4 is 5.73 Å². The zero-order valence-corrected chi connectivity index (χ0v) is 6.93. The Morgan fingerprint density at radius 3 is 2.70 bits per heavy atom. The molecule has 0 aromatic carbocycles. The van der Waals surface area contributed by atoms with Gasteiger partial charge in [0.05, 0.1) is 12.5 Å². The van der Waals surface area contributed by atoms with Crippen molar-refractivity contribution >= 4 is 18.6 Å². The highest BCUT2D eigenvalue weighted by atomic mass is 32.1. The van der Waals surface area contributed by atoms with Crippen LogP contribution in [0.3, 0.4) is 0 Å². The first kappa shape index (κ1) is 9.78. The molecule has 4 heteroatoms. The Labute approximate surface area is 66.3 Å². The molecule has 0 fully saturated rings. The van der Waals surface area contributed by atoms with Crippen LogP contribution in [0.5, 0.6) is 0 Å². The van der Waals surface area contributed by atoms with Crippen molar-refractivity contribution < 1.29 is 9.53 Å². The normalized spacial score (nSPS) is 12.7. The third-order valence-electron chi connectivity index (χ3n) is 1.12. The predicted molar refractivity (Wildman–Crippen MR) is 43.0 cm³/mol. The van der Waals surface area contributed by atoms with Gasteiger partial charge in [-0.05, 0) is 6.92 Å². The molecule has 0 aromatic rings. The van der Waals surface area contributed by atoms with Crippen molar-refractivity contribution in [3.63, 3.8) is 0 Å². The molecular formula is C6H13NO2S. The molecule has 0 aliphatic heterocycles. The second-order valence-corrected chi connectivity index (χ2v) is 2.23. The molecule has 0 aliphatic rings. The largest absolute Gasteiger partial charge is 0.466 e. The summed E-state index contributed by atoms with van der Waals surface area (Å²) in [5, 5.41) is 0. The number of nitrogens with two attached hydrogens (primary N) is 1. The van der Waals surface area contributed by atoms with Gasteiger partial charge in [-0.3, -0.25) is 4.79 Å². The molecule has 2 N–H and O–H groups in total. The molecule has 0 radical (unpaired) electrons. The van der Waals surface area contributed by atoms with E-state index < -0.39 is 0 Å². The lowest BCUT2D eigenvalue weighted by Crippen LogP contribution is -2.26. The van der Waals surface area contributed by atoms with E-state index in [0.29, 0.717) is 18.9 Å². The summed E-state index contributed by atoms with van der Waals surface area (Å²) < 4.78 is 4.72. The molecule has 0 spiro atoms. The minimum atomic E-state index is -0.250.